The first-order valence-corrected chi connectivity index (χ1v) is 11.7. The molecule has 0 fully saturated rings. The van der Waals surface area contributed by atoms with Crippen LogP contribution in [0, 0.1) is 0 Å². The zero-order valence-corrected chi connectivity index (χ0v) is 19.3. The molecule has 0 saturated carbocycles. The van der Waals surface area contributed by atoms with Gasteiger partial charge in [-0.15, -0.1) is 0 Å². The molecule has 1 aliphatic heterocycles. The highest BCUT2D eigenvalue weighted by Gasteiger charge is 2.18. The Kier molecular flexibility index (Phi) is 4.83. The van der Waals surface area contributed by atoms with E-state index >= 15 is 0 Å². The average molecular weight is 460 g/mol. The third-order valence-corrected chi connectivity index (χ3v) is 6.05. The molecule has 0 bridgehead atoms. The zero-order valence-electron chi connectivity index (χ0n) is 21.3. The van der Waals surface area contributed by atoms with Gasteiger partial charge in [0, 0.05) is 12.1 Å². The maximum atomic E-state index is 8.66. The van der Waals surface area contributed by atoms with Crippen LogP contribution in [0.1, 0.15) is 19.2 Å². The first-order valence-electron chi connectivity index (χ1n) is 12.6. The number of aromatic nitrogens is 1. The molecule has 5 aromatic rings. The van der Waals surface area contributed by atoms with E-state index in [-0.39, 0.29) is 0 Å². The van der Waals surface area contributed by atoms with Crippen molar-refractivity contribution in [2.45, 2.75) is 13.3 Å². The van der Waals surface area contributed by atoms with Gasteiger partial charge in [-0.3, -0.25) is 0 Å². The van der Waals surface area contributed by atoms with Crippen molar-refractivity contribution >= 4 is 22.9 Å². The Bertz CT molecular complexity index is 1660. The summed E-state index contributed by atoms with van der Waals surface area (Å²) in [6.45, 7) is 2.03. The lowest BCUT2D eigenvalue weighted by Crippen LogP contribution is -2.02. The normalized spacial score (nSPS) is 15.2. The van der Waals surface area contributed by atoms with E-state index in [1.54, 1.807) is 0 Å². The van der Waals surface area contributed by atoms with Gasteiger partial charge in [0.1, 0.15) is 0 Å². The van der Waals surface area contributed by atoms with Crippen LogP contribution >= 0.6 is 0 Å². The summed E-state index contributed by atoms with van der Waals surface area (Å²) in [4.78, 5) is 1.31. The molecule has 1 aromatic heterocycles. The second kappa shape index (κ2) is 8.99. The highest BCUT2D eigenvalue weighted by molar-refractivity contribution is 5.78. The molecule has 2 N–H and O–H groups in total. The Morgan fingerprint density at radius 2 is 1.57 bits per heavy atom. The number of H-pyrrole nitrogens is 1. The lowest BCUT2D eigenvalue weighted by molar-refractivity contribution is -0.357. The number of hydrogen-bond acceptors (Lipinski definition) is 3. The number of allylic oxidation sites excluding steroid dienone is 2. The van der Waals surface area contributed by atoms with Crippen molar-refractivity contribution in [2.24, 2.45) is 0 Å². The lowest BCUT2D eigenvalue weighted by Gasteiger charge is -2.03. The van der Waals surface area contributed by atoms with E-state index < -0.39 is 0 Å². The number of hydrogen-bond donors (Lipinski definition) is 1. The summed E-state index contributed by atoms with van der Waals surface area (Å²) in [6.07, 6.45) is 4.34. The number of oxazole rings is 1. The van der Waals surface area contributed by atoms with Crippen molar-refractivity contribution in [1.29, 1.82) is 0 Å². The minimum atomic E-state index is 0.410. The molecular formula is C31H25N2O2+. The van der Waals surface area contributed by atoms with Gasteiger partial charge in [0.25, 0.3) is 0 Å². The van der Waals surface area contributed by atoms with Gasteiger partial charge in [-0.2, -0.15) is 4.98 Å². The van der Waals surface area contributed by atoms with E-state index in [4.69, 9.17) is 12.0 Å². The third-order valence-electron chi connectivity index (χ3n) is 6.05. The largest absolute Gasteiger partial charge is 0.458 e. The summed E-state index contributed by atoms with van der Waals surface area (Å²) >= 11 is 0. The maximum absolute atomic E-state index is 8.66. The predicted molar refractivity (Wildman–Crippen MR) is 141 cm³/mol. The van der Waals surface area contributed by atoms with Crippen LogP contribution in [0.3, 0.4) is 0 Å². The second-order valence-corrected chi connectivity index (χ2v) is 8.42. The van der Waals surface area contributed by atoms with Crippen LogP contribution in [0.5, 0.6) is 5.75 Å². The molecule has 0 unspecified atom stereocenters. The maximum Gasteiger partial charge on any atom is 0.458 e. The molecule has 4 aromatic carbocycles. The molecule has 1 aliphatic rings. The second-order valence-electron chi connectivity index (χ2n) is 8.42. The van der Waals surface area contributed by atoms with E-state index in [0.29, 0.717) is 40.7 Å². The zero-order chi connectivity index (χ0) is 25.4. The molecule has 6 rings (SSSR count). The van der Waals surface area contributed by atoms with Crippen LogP contribution in [-0.2, 0) is 0 Å². The number of ether oxygens (including phenoxy) is 1. The van der Waals surface area contributed by atoms with Crippen molar-refractivity contribution in [3.8, 4) is 28.0 Å². The summed E-state index contributed by atoms with van der Waals surface area (Å²) in [5, 5.41) is 1.31. The predicted octanol–water partition coefficient (Wildman–Crippen LogP) is 7.72. The summed E-state index contributed by atoms with van der Waals surface area (Å²) in [7, 11) is 0. The molecule has 0 saturated heterocycles. The fraction of sp³-hybridized carbons (Fsp3) is 0.0645. The minimum Gasteiger partial charge on any atom is -0.439 e. The van der Waals surface area contributed by atoms with Crippen molar-refractivity contribution < 1.29 is 17.0 Å². The van der Waals surface area contributed by atoms with Gasteiger partial charge in [-0.25, -0.2) is 0 Å². The van der Waals surface area contributed by atoms with Gasteiger partial charge in [0.15, 0.2) is 13.0 Å². The Morgan fingerprint density at radius 1 is 0.886 bits per heavy atom. The van der Waals surface area contributed by atoms with E-state index in [0.717, 1.165) is 27.8 Å². The summed E-state index contributed by atoms with van der Waals surface area (Å²) in [6, 6.07) is 31.9. The van der Waals surface area contributed by atoms with Crippen LogP contribution in [0.15, 0.2) is 119 Å². The first-order chi connectivity index (χ1) is 18.1. The van der Waals surface area contributed by atoms with Gasteiger partial charge in [0.05, 0.1) is 11.8 Å². The van der Waals surface area contributed by atoms with Gasteiger partial charge >= 0.3 is 7.30 Å². The van der Waals surface area contributed by atoms with Gasteiger partial charge in [-0.05, 0) is 52.4 Å². The lowest BCUT2D eigenvalue weighted by atomic mass is 10.1. The topological polar surface area (TPSA) is 48.5 Å². The van der Waals surface area contributed by atoms with E-state index in [1.165, 1.54) is 10.3 Å². The van der Waals surface area contributed by atoms with Crippen LogP contribution < -0.4 is 15.0 Å². The molecule has 4 nitrogen and oxygen atoms in total. The molecule has 0 atom stereocenters. The fourth-order valence-corrected chi connectivity index (χ4v) is 4.20. The highest BCUT2D eigenvalue weighted by Crippen LogP contribution is 2.37. The van der Waals surface area contributed by atoms with Crippen molar-refractivity contribution in [1.82, 2.24) is 0 Å². The molecule has 0 amide bonds. The van der Waals surface area contributed by atoms with Gasteiger partial charge in [-0.1, -0.05) is 79.7 Å². The summed E-state index contributed by atoms with van der Waals surface area (Å²) in [5.74, 6) is 1.46. The standard InChI is InChI=1S/C31H24N2O2/c1-2-21(17-30-32-26-19-24(13-15-28(26)34-30)22-9-5-3-6-10-22)18-31-33-27-20-25(14-16-29(27)35-31)23-11-7-4-8-12-23/h3-20,32H,2H2,1H3/p+1/b21-18+,30-17-/i/hD2. The van der Waals surface area contributed by atoms with Crippen LogP contribution in [0.25, 0.3) is 39.4 Å². The number of fused-ring (bicyclic) bond motifs is 2. The minimum absolute atomic E-state index is 0.410. The van der Waals surface area contributed by atoms with Gasteiger partial charge < -0.3 is 14.5 Å². The number of rotatable bonds is 5. The Hall–Kier alpha value is -4.57. The van der Waals surface area contributed by atoms with Crippen LogP contribution in [0.2, 0.25) is 2.82 Å². The van der Waals surface area contributed by atoms with Crippen LogP contribution in [-0.4, -0.2) is 0 Å². The molecular weight excluding hydrogens is 432 g/mol. The summed E-state index contributed by atoms with van der Waals surface area (Å²) in [5.41, 5.74) is 7.14. The smallest absolute Gasteiger partial charge is 0.439 e. The van der Waals surface area contributed by atoms with Crippen LogP contribution in [0.4, 0.5) is 5.69 Å². The SMILES string of the molecule is [2H]N1/C(=C/C(=C/c2oc3ccc(-c4ccccc4)cc3[n+]2[2H])CC)Oc2ccc(-c3ccccc3)cc21. The van der Waals surface area contributed by atoms with Crippen molar-refractivity contribution in [2.75, 3.05) is 5.31 Å². The number of aromatic amines is 1. The number of benzene rings is 4. The molecule has 2 heterocycles. The molecule has 170 valence electrons. The number of anilines is 1. The van der Waals surface area contributed by atoms with E-state index in [2.05, 4.69) is 0 Å². The third kappa shape index (κ3) is 4.34. The monoisotopic (exact) mass is 459 g/mol. The Balaban J connectivity index is 1.31. The highest BCUT2D eigenvalue weighted by atomic mass is 16.5. The molecule has 0 spiro atoms. The van der Waals surface area contributed by atoms with Crippen molar-refractivity contribution in [3.63, 3.8) is 0 Å². The van der Waals surface area contributed by atoms with E-state index in [1.807, 2.05) is 116 Å². The molecule has 0 aliphatic carbocycles. The fourth-order valence-electron chi connectivity index (χ4n) is 4.20. The quantitative estimate of drug-likeness (QED) is 0.293. The van der Waals surface area contributed by atoms with Crippen molar-refractivity contribution in [3.05, 3.63) is 120 Å². The first kappa shape index (κ1) is 18.8. The van der Waals surface area contributed by atoms with Gasteiger partial charge in [0.2, 0.25) is 11.1 Å². The molecule has 4 heteroatoms. The molecule has 0 radical (unpaired) electrons. The van der Waals surface area contributed by atoms with E-state index in [9.17, 15) is 0 Å². The summed E-state index contributed by atoms with van der Waals surface area (Å²) < 4.78 is 29.3. The Labute approximate surface area is 207 Å². The Morgan fingerprint density at radius 3 is 2.29 bits per heavy atom. The molecule has 35 heavy (non-hydrogen) atoms. The average Bonchev–Trinajstić information content (AvgIpc) is 3.43. The number of nitrogens with one attached hydrogen (secondary N) is 2.